The Balaban J connectivity index is 1.67. The van der Waals surface area contributed by atoms with Gasteiger partial charge in [0.1, 0.15) is 15.8 Å². The molecule has 3 aromatic rings. The standard InChI is InChI=1S/C18H12F3N3OS/c19-18(20,21)25-15-3-1-2-14(10-15)17-24-23-16(26-17)9-8-12-4-6-13(11-22)7-5-12/h1-7,10H,8-9H2. The third-order valence-corrected chi connectivity index (χ3v) is 4.52. The highest BCUT2D eigenvalue weighted by molar-refractivity contribution is 7.14. The van der Waals surface area contributed by atoms with Gasteiger partial charge in [-0.25, -0.2) is 0 Å². The lowest BCUT2D eigenvalue weighted by Gasteiger charge is -2.08. The molecule has 0 fully saturated rings. The maximum absolute atomic E-state index is 12.3. The van der Waals surface area contributed by atoms with Crippen LogP contribution < -0.4 is 4.74 Å². The van der Waals surface area contributed by atoms with E-state index in [2.05, 4.69) is 21.0 Å². The number of hydrogen-bond acceptors (Lipinski definition) is 5. The minimum atomic E-state index is -4.73. The van der Waals surface area contributed by atoms with Gasteiger partial charge in [-0.3, -0.25) is 0 Å². The largest absolute Gasteiger partial charge is 0.573 e. The van der Waals surface area contributed by atoms with Crippen LogP contribution in [0, 0.1) is 11.3 Å². The van der Waals surface area contributed by atoms with E-state index in [1.807, 2.05) is 12.1 Å². The Kier molecular flexibility index (Phi) is 5.19. The Morgan fingerprint density at radius 2 is 1.81 bits per heavy atom. The molecule has 132 valence electrons. The van der Waals surface area contributed by atoms with Gasteiger partial charge in [-0.1, -0.05) is 35.6 Å². The van der Waals surface area contributed by atoms with Crippen molar-refractivity contribution in [2.75, 3.05) is 0 Å². The maximum atomic E-state index is 12.3. The molecule has 0 aliphatic heterocycles. The van der Waals surface area contributed by atoms with Crippen LogP contribution in [-0.4, -0.2) is 16.6 Å². The average molecular weight is 375 g/mol. The van der Waals surface area contributed by atoms with Crippen LogP contribution in [0.25, 0.3) is 10.6 Å². The van der Waals surface area contributed by atoms with Crippen molar-refractivity contribution in [2.24, 2.45) is 0 Å². The molecule has 0 amide bonds. The molecule has 8 heteroatoms. The zero-order valence-electron chi connectivity index (χ0n) is 13.3. The summed E-state index contributed by atoms with van der Waals surface area (Å²) in [7, 11) is 0. The molecule has 0 radical (unpaired) electrons. The van der Waals surface area contributed by atoms with E-state index in [4.69, 9.17) is 5.26 Å². The summed E-state index contributed by atoms with van der Waals surface area (Å²) in [5.74, 6) is -0.288. The molecule has 4 nitrogen and oxygen atoms in total. The second kappa shape index (κ2) is 7.54. The van der Waals surface area contributed by atoms with Crippen LogP contribution in [-0.2, 0) is 12.8 Å². The molecule has 0 saturated heterocycles. The molecule has 0 aliphatic rings. The van der Waals surface area contributed by atoms with Gasteiger partial charge in [0.2, 0.25) is 0 Å². The predicted molar refractivity (Wildman–Crippen MR) is 90.6 cm³/mol. The second-order valence-corrected chi connectivity index (χ2v) is 6.45. The number of aryl methyl sites for hydroxylation is 2. The van der Waals surface area contributed by atoms with Crippen molar-refractivity contribution in [3.05, 3.63) is 64.7 Å². The molecule has 0 saturated carbocycles. The van der Waals surface area contributed by atoms with E-state index in [1.165, 1.54) is 29.5 Å². The first-order chi connectivity index (χ1) is 12.4. The van der Waals surface area contributed by atoms with E-state index < -0.39 is 6.36 Å². The quantitative estimate of drug-likeness (QED) is 0.645. The SMILES string of the molecule is N#Cc1ccc(CCc2nnc(-c3cccc(OC(F)(F)F)c3)s2)cc1. The summed E-state index contributed by atoms with van der Waals surface area (Å²) in [5.41, 5.74) is 2.20. The highest BCUT2D eigenvalue weighted by Crippen LogP contribution is 2.29. The number of halogens is 3. The predicted octanol–water partition coefficient (Wildman–Crippen LogP) is 4.76. The summed E-state index contributed by atoms with van der Waals surface area (Å²) < 4.78 is 40.9. The third kappa shape index (κ3) is 4.80. The van der Waals surface area contributed by atoms with Gasteiger partial charge in [-0.2, -0.15) is 5.26 Å². The number of rotatable bonds is 5. The number of alkyl halides is 3. The molecule has 0 N–H and O–H groups in total. The summed E-state index contributed by atoms with van der Waals surface area (Å²) >= 11 is 1.33. The van der Waals surface area contributed by atoms with Crippen LogP contribution in [0.5, 0.6) is 5.75 Å². The van der Waals surface area contributed by atoms with Crippen LogP contribution in [0.15, 0.2) is 48.5 Å². The minimum Gasteiger partial charge on any atom is -0.406 e. The highest BCUT2D eigenvalue weighted by atomic mass is 32.1. The fourth-order valence-electron chi connectivity index (χ4n) is 2.29. The Bertz CT molecular complexity index is 930. The van der Waals surface area contributed by atoms with Gasteiger partial charge in [0.05, 0.1) is 11.6 Å². The average Bonchev–Trinajstić information content (AvgIpc) is 3.08. The third-order valence-electron chi connectivity index (χ3n) is 3.49. The molecule has 3 rings (SSSR count). The van der Waals surface area contributed by atoms with Crippen LogP contribution in [0.4, 0.5) is 13.2 Å². The Hall–Kier alpha value is -2.92. The Labute approximate surface area is 151 Å². The van der Waals surface area contributed by atoms with Gasteiger partial charge in [-0.05, 0) is 36.2 Å². The van der Waals surface area contributed by atoms with Gasteiger partial charge in [0.15, 0.2) is 0 Å². The van der Waals surface area contributed by atoms with Crippen molar-refractivity contribution in [3.63, 3.8) is 0 Å². The summed E-state index contributed by atoms with van der Waals surface area (Å²) in [6.07, 6.45) is -3.34. The van der Waals surface area contributed by atoms with E-state index in [0.717, 1.165) is 17.0 Å². The molecule has 0 spiro atoms. The molecule has 0 unspecified atom stereocenters. The van der Waals surface area contributed by atoms with E-state index in [-0.39, 0.29) is 5.75 Å². The molecule has 26 heavy (non-hydrogen) atoms. The monoisotopic (exact) mass is 375 g/mol. The summed E-state index contributed by atoms with van der Waals surface area (Å²) in [5, 5.41) is 18.3. The molecular weight excluding hydrogens is 363 g/mol. The number of aromatic nitrogens is 2. The van der Waals surface area contributed by atoms with Gasteiger partial charge in [0.25, 0.3) is 0 Å². The van der Waals surface area contributed by atoms with Crippen LogP contribution in [0.1, 0.15) is 16.1 Å². The summed E-state index contributed by atoms with van der Waals surface area (Å²) in [6.45, 7) is 0. The van der Waals surface area contributed by atoms with Crippen molar-refractivity contribution >= 4 is 11.3 Å². The van der Waals surface area contributed by atoms with Crippen molar-refractivity contribution in [3.8, 4) is 22.4 Å². The molecular formula is C18H12F3N3OS. The lowest BCUT2D eigenvalue weighted by atomic mass is 10.1. The van der Waals surface area contributed by atoms with E-state index in [1.54, 1.807) is 18.2 Å². The smallest absolute Gasteiger partial charge is 0.406 e. The lowest BCUT2D eigenvalue weighted by Crippen LogP contribution is -2.17. The topological polar surface area (TPSA) is 58.8 Å². The van der Waals surface area contributed by atoms with Gasteiger partial charge < -0.3 is 4.74 Å². The van der Waals surface area contributed by atoms with Crippen LogP contribution in [0.3, 0.4) is 0 Å². The summed E-state index contributed by atoms with van der Waals surface area (Å²) in [6, 6.07) is 15.0. The van der Waals surface area contributed by atoms with Crippen molar-refractivity contribution in [1.82, 2.24) is 10.2 Å². The van der Waals surface area contributed by atoms with E-state index in [9.17, 15) is 13.2 Å². The van der Waals surface area contributed by atoms with Crippen molar-refractivity contribution < 1.29 is 17.9 Å². The number of benzene rings is 2. The Morgan fingerprint density at radius 1 is 1.04 bits per heavy atom. The molecule has 2 aromatic carbocycles. The first-order valence-corrected chi connectivity index (χ1v) is 8.42. The van der Waals surface area contributed by atoms with Gasteiger partial charge >= 0.3 is 6.36 Å². The van der Waals surface area contributed by atoms with Crippen LogP contribution in [0.2, 0.25) is 0 Å². The molecule has 1 heterocycles. The van der Waals surface area contributed by atoms with E-state index >= 15 is 0 Å². The van der Waals surface area contributed by atoms with Gasteiger partial charge in [-0.15, -0.1) is 23.4 Å². The number of nitriles is 1. The molecule has 0 bridgehead atoms. The zero-order valence-corrected chi connectivity index (χ0v) is 14.1. The zero-order chi connectivity index (χ0) is 18.6. The number of nitrogens with zero attached hydrogens (tertiary/aromatic N) is 3. The fraction of sp³-hybridized carbons (Fsp3) is 0.167. The highest BCUT2D eigenvalue weighted by Gasteiger charge is 2.31. The van der Waals surface area contributed by atoms with Crippen molar-refractivity contribution in [2.45, 2.75) is 19.2 Å². The molecule has 1 aromatic heterocycles. The van der Waals surface area contributed by atoms with Crippen LogP contribution >= 0.6 is 11.3 Å². The normalized spacial score (nSPS) is 11.2. The Morgan fingerprint density at radius 3 is 2.50 bits per heavy atom. The van der Waals surface area contributed by atoms with Crippen molar-refractivity contribution in [1.29, 1.82) is 5.26 Å². The number of ether oxygens (including phenoxy) is 1. The van der Waals surface area contributed by atoms with Gasteiger partial charge in [0, 0.05) is 12.0 Å². The first kappa shape index (κ1) is 17.9. The molecule has 0 aliphatic carbocycles. The maximum Gasteiger partial charge on any atom is 0.573 e. The minimum absolute atomic E-state index is 0.288. The molecule has 0 atom stereocenters. The van der Waals surface area contributed by atoms with E-state index in [0.29, 0.717) is 22.6 Å². The first-order valence-electron chi connectivity index (χ1n) is 7.60. The lowest BCUT2D eigenvalue weighted by molar-refractivity contribution is -0.274. The number of hydrogen-bond donors (Lipinski definition) is 0. The summed E-state index contributed by atoms with van der Waals surface area (Å²) in [4.78, 5) is 0. The second-order valence-electron chi connectivity index (χ2n) is 5.39. The fourth-order valence-corrected chi connectivity index (χ4v) is 3.13.